The van der Waals surface area contributed by atoms with Crippen LogP contribution in [0.15, 0.2) is 18.3 Å². The van der Waals surface area contributed by atoms with Crippen LogP contribution in [0.25, 0.3) is 6.08 Å². The van der Waals surface area contributed by atoms with Crippen molar-refractivity contribution in [1.82, 2.24) is 4.98 Å². The molecule has 0 aromatic carbocycles. The van der Waals surface area contributed by atoms with E-state index in [2.05, 4.69) is 4.98 Å². The molecule has 1 heterocycles. The highest BCUT2D eigenvalue weighted by molar-refractivity contribution is 5.74. The van der Waals surface area contributed by atoms with Gasteiger partial charge in [0.05, 0.1) is 5.69 Å². The van der Waals surface area contributed by atoms with Crippen molar-refractivity contribution in [3.05, 3.63) is 29.9 Å². The number of halogens is 1. The van der Waals surface area contributed by atoms with Crippen molar-refractivity contribution in [2.45, 2.75) is 0 Å². The Bertz CT molecular complexity index is 323. The number of carbonyl (C=O) groups is 1. The van der Waals surface area contributed by atoms with E-state index in [-0.39, 0.29) is 5.69 Å². The number of anilines is 1. The Morgan fingerprint density at radius 2 is 2.33 bits per heavy atom. The van der Waals surface area contributed by atoms with Crippen LogP contribution in [0.4, 0.5) is 10.1 Å². The molecule has 2 N–H and O–H groups in total. The lowest BCUT2D eigenvalue weighted by atomic mass is 10.2. The van der Waals surface area contributed by atoms with Crippen molar-refractivity contribution in [1.29, 1.82) is 0 Å². The van der Waals surface area contributed by atoms with E-state index in [1.54, 1.807) is 0 Å². The average molecular weight is 166 g/mol. The van der Waals surface area contributed by atoms with Crippen LogP contribution in [0.2, 0.25) is 0 Å². The number of carbonyl (C=O) groups excluding carboxylic acids is 1. The van der Waals surface area contributed by atoms with Crippen molar-refractivity contribution >= 4 is 18.0 Å². The quantitative estimate of drug-likeness (QED) is 0.405. The second kappa shape index (κ2) is 3.61. The third-order valence-electron chi connectivity index (χ3n) is 1.25. The molecule has 0 aliphatic carbocycles. The predicted molar refractivity (Wildman–Crippen MR) is 43.7 cm³/mol. The van der Waals surface area contributed by atoms with Crippen LogP contribution < -0.4 is 5.73 Å². The van der Waals surface area contributed by atoms with Crippen LogP contribution in [0.1, 0.15) is 5.56 Å². The number of aldehydes is 1. The first-order valence-corrected chi connectivity index (χ1v) is 3.27. The van der Waals surface area contributed by atoms with Crippen molar-refractivity contribution < 1.29 is 9.18 Å². The van der Waals surface area contributed by atoms with Gasteiger partial charge in [0.2, 0.25) is 5.95 Å². The van der Waals surface area contributed by atoms with E-state index in [9.17, 15) is 9.18 Å². The first-order valence-electron chi connectivity index (χ1n) is 3.27. The van der Waals surface area contributed by atoms with Gasteiger partial charge in [-0.2, -0.15) is 4.39 Å². The van der Waals surface area contributed by atoms with Crippen LogP contribution >= 0.6 is 0 Å². The van der Waals surface area contributed by atoms with Crippen molar-refractivity contribution in [2.75, 3.05) is 5.73 Å². The predicted octanol–water partition coefficient (Wildman–Crippen LogP) is 1.02. The average Bonchev–Trinajstić information content (AvgIpc) is 2.07. The Balaban J connectivity index is 2.96. The highest BCUT2D eigenvalue weighted by atomic mass is 19.1. The molecule has 1 aromatic heterocycles. The highest BCUT2D eigenvalue weighted by Crippen LogP contribution is 2.09. The van der Waals surface area contributed by atoms with E-state index in [0.29, 0.717) is 11.8 Å². The van der Waals surface area contributed by atoms with E-state index in [0.717, 1.165) is 0 Å². The summed E-state index contributed by atoms with van der Waals surface area (Å²) in [4.78, 5) is 13.3. The van der Waals surface area contributed by atoms with Crippen molar-refractivity contribution in [2.24, 2.45) is 0 Å². The van der Waals surface area contributed by atoms with Crippen LogP contribution in [-0.2, 0) is 4.79 Å². The summed E-state index contributed by atoms with van der Waals surface area (Å²) in [5.74, 6) is -0.696. The van der Waals surface area contributed by atoms with E-state index >= 15 is 0 Å². The second-order valence-electron chi connectivity index (χ2n) is 2.14. The fourth-order valence-electron chi connectivity index (χ4n) is 0.724. The van der Waals surface area contributed by atoms with Gasteiger partial charge in [-0.15, -0.1) is 0 Å². The van der Waals surface area contributed by atoms with Gasteiger partial charge in [0, 0.05) is 6.20 Å². The smallest absolute Gasteiger partial charge is 0.236 e. The maximum Gasteiger partial charge on any atom is 0.236 e. The molecule has 0 fully saturated rings. The van der Waals surface area contributed by atoms with E-state index in [1.165, 1.54) is 24.4 Å². The highest BCUT2D eigenvalue weighted by Gasteiger charge is 1.97. The molecule has 0 radical (unpaired) electrons. The van der Waals surface area contributed by atoms with Gasteiger partial charge < -0.3 is 5.73 Å². The molecule has 12 heavy (non-hydrogen) atoms. The summed E-state index contributed by atoms with van der Waals surface area (Å²) >= 11 is 0. The number of nitrogen functional groups attached to an aromatic ring is 1. The van der Waals surface area contributed by atoms with Crippen LogP contribution in [0.5, 0.6) is 0 Å². The van der Waals surface area contributed by atoms with Crippen molar-refractivity contribution in [3.8, 4) is 0 Å². The van der Waals surface area contributed by atoms with Gasteiger partial charge in [0.15, 0.2) is 0 Å². The molecule has 4 heteroatoms. The molecule has 0 saturated heterocycles. The maximum atomic E-state index is 12.5. The topological polar surface area (TPSA) is 56.0 Å². The number of nitrogens with two attached hydrogens (primary N) is 1. The summed E-state index contributed by atoms with van der Waals surface area (Å²) in [5, 5.41) is 0. The molecule has 0 atom stereocenters. The fraction of sp³-hybridized carbons (Fsp3) is 0. The molecule has 0 unspecified atom stereocenters. The SMILES string of the molecule is Nc1cc(C=CC=O)cnc1F. The first-order chi connectivity index (χ1) is 5.74. The molecule has 3 nitrogen and oxygen atoms in total. The van der Waals surface area contributed by atoms with Gasteiger partial charge in [-0.05, 0) is 17.7 Å². The number of hydrogen-bond donors (Lipinski definition) is 1. The monoisotopic (exact) mass is 166 g/mol. The summed E-state index contributed by atoms with van der Waals surface area (Å²) in [7, 11) is 0. The third-order valence-corrected chi connectivity index (χ3v) is 1.25. The van der Waals surface area contributed by atoms with Gasteiger partial charge in [0.25, 0.3) is 0 Å². The first kappa shape index (κ1) is 8.39. The molecule has 1 rings (SSSR count). The molecular weight excluding hydrogens is 159 g/mol. The minimum atomic E-state index is -0.696. The van der Waals surface area contributed by atoms with Crippen LogP contribution in [0.3, 0.4) is 0 Å². The zero-order valence-corrected chi connectivity index (χ0v) is 6.20. The van der Waals surface area contributed by atoms with Gasteiger partial charge in [-0.1, -0.05) is 6.08 Å². The Labute approximate surface area is 68.7 Å². The number of aromatic nitrogens is 1. The standard InChI is InChI=1S/C8H7FN2O/c9-8-7(10)4-6(5-11-8)2-1-3-12/h1-5H,10H2. The molecule has 0 aliphatic rings. The molecule has 1 aromatic rings. The number of pyridine rings is 1. The zero-order valence-electron chi connectivity index (χ0n) is 6.20. The van der Waals surface area contributed by atoms with E-state index in [1.807, 2.05) is 0 Å². The molecule has 62 valence electrons. The Morgan fingerprint density at radius 1 is 1.58 bits per heavy atom. The molecule has 0 spiro atoms. The largest absolute Gasteiger partial charge is 0.395 e. The minimum Gasteiger partial charge on any atom is -0.395 e. The van der Waals surface area contributed by atoms with Gasteiger partial charge >= 0.3 is 0 Å². The Hall–Kier alpha value is -1.71. The van der Waals surface area contributed by atoms with Crippen LogP contribution in [0, 0.1) is 5.95 Å². The van der Waals surface area contributed by atoms with Gasteiger partial charge in [-0.3, -0.25) is 4.79 Å². The minimum absolute atomic E-state index is 0.0250. The third kappa shape index (κ3) is 1.88. The van der Waals surface area contributed by atoms with Gasteiger partial charge in [-0.25, -0.2) is 4.98 Å². The summed E-state index contributed by atoms with van der Waals surface area (Å²) in [6.45, 7) is 0. The molecule has 0 saturated carbocycles. The number of rotatable bonds is 2. The maximum absolute atomic E-state index is 12.5. The van der Waals surface area contributed by atoms with Gasteiger partial charge in [0.1, 0.15) is 6.29 Å². The van der Waals surface area contributed by atoms with E-state index in [4.69, 9.17) is 5.73 Å². The summed E-state index contributed by atoms with van der Waals surface area (Å²) in [6.07, 6.45) is 4.70. The summed E-state index contributed by atoms with van der Waals surface area (Å²) in [5.41, 5.74) is 5.81. The fourth-order valence-corrected chi connectivity index (χ4v) is 0.724. The zero-order chi connectivity index (χ0) is 8.97. The number of nitrogens with zero attached hydrogens (tertiary/aromatic N) is 1. The molecular formula is C8H7FN2O. The molecule has 0 amide bonds. The van der Waals surface area contributed by atoms with Crippen LogP contribution in [-0.4, -0.2) is 11.3 Å². The summed E-state index contributed by atoms with van der Waals surface area (Å²) in [6, 6.07) is 1.41. The number of hydrogen-bond acceptors (Lipinski definition) is 3. The Morgan fingerprint density at radius 3 is 2.92 bits per heavy atom. The number of allylic oxidation sites excluding steroid dienone is 1. The lowest BCUT2D eigenvalue weighted by molar-refractivity contribution is -0.104. The summed E-state index contributed by atoms with van der Waals surface area (Å²) < 4.78 is 12.5. The van der Waals surface area contributed by atoms with E-state index < -0.39 is 5.95 Å². The lowest BCUT2D eigenvalue weighted by Gasteiger charge is -1.95. The second-order valence-corrected chi connectivity index (χ2v) is 2.14. The molecule has 0 bridgehead atoms. The lowest BCUT2D eigenvalue weighted by Crippen LogP contribution is -1.93. The van der Waals surface area contributed by atoms with Crippen molar-refractivity contribution in [3.63, 3.8) is 0 Å². The normalized spacial score (nSPS) is 10.4. The Kier molecular flexibility index (Phi) is 2.53. The molecule has 0 aliphatic heterocycles.